The summed E-state index contributed by atoms with van der Waals surface area (Å²) in [5.74, 6) is 0. The summed E-state index contributed by atoms with van der Waals surface area (Å²) in [5, 5.41) is 3.04. The average molecular weight is 269 g/mol. The molecule has 1 atom stereocenters. The Hall–Kier alpha value is 0.160. The molecule has 4 nitrogen and oxygen atoms in total. The molecule has 0 aliphatic carbocycles. The van der Waals surface area contributed by atoms with Gasteiger partial charge < -0.3 is 5.32 Å². The summed E-state index contributed by atoms with van der Waals surface area (Å²) >= 11 is 0. The third-order valence-corrected chi connectivity index (χ3v) is 5.91. The summed E-state index contributed by atoms with van der Waals surface area (Å²) in [7, 11) is -3.03. The van der Waals surface area contributed by atoms with Gasteiger partial charge in [0.25, 0.3) is 0 Å². The van der Waals surface area contributed by atoms with E-state index in [9.17, 15) is 8.42 Å². The molecule has 2 aliphatic heterocycles. The van der Waals surface area contributed by atoms with E-state index < -0.39 is 10.0 Å². The van der Waals surface area contributed by atoms with E-state index in [1.807, 2.05) is 0 Å². The molecule has 1 N–H and O–H groups in total. The highest BCUT2D eigenvalue weighted by molar-refractivity contribution is 7.89. The largest absolute Gasteiger partial charge is 0.316 e. The van der Waals surface area contributed by atoms with Gasteiger partial charge in [-0.05, 0) is 38.6 Å². The van der Waals surface area contributed by atoms with Crippen molar-refractivity contribution in [2.75, 3.05) is 26.2 Å². The van der Waals surface area contributed by atoms with Gasteiger partial charge >= 0.3 is 0 Å². The SMILES string of the molecule is CC(C)S(=O)(=O)N1CCC2(CCNC2)C1.Cl. The minimum absolute atomic E-state index is 0. The monoisotopic (exact) mass is 268 g/mol. The van der Waals surface area contributed by atoms with E-state index in [2.05, 4.69) is 5.32 Å². The van der Waals surface area contributed by atoms with Crippen molar-refractivity contribution in [3.63, 3.8) is 0 Å². The van der Waals surface area contributed by atoms with Gasteiger partial charge in [-0.3, -0.25) is 0 Å². The molecule has 1 spiro atoms. The van der Waals surface area contributed by atoms with E-state index in [1.54, 1.807) is 18.2 Å². The molecule has 6 heteroatoms. The minimum Gasteiger partial charge on any atom is -0.316 e. The third kappa shape index (κ3) is 2.37. The molecule has 1 unspecified atom stereocenters. The summed E-state index contributed by atoms with van der Waals surface area (Å²) in [4.78, 5) is 0. The van der Waals surface area contributed by atoms with Crippen LogP contribution >= 0.6 is 12.4 Å². The van der Waals surface area contributed by atoms with Crippen LogP contribution in [0.3, 0.4) is 0 Å². The van der Waals surface area contributed by atoms with E-state index in [-0.39, 0.29) is 23.1 Å². The molecular formula is C10H21ClN2O2S. The van der Waals surface area contributed by atoms with Gasteiger partial charge in [0, 0.05) is 19.6 Å². The molecule has 0 aromatic rings. The molecule has 96 valence electrons. The van der Waals surface area contributed by atoms with Crippen LogP contribution in [0.25, 0.3) is 0 Å². The van der Waals surface area contributed by atoms with E-state index in [1.165, 1.54) is 0 Å². The Morgan fingerprint density at radius 2 is 2.00 bits per heavy atom. The molecule has 2 saturated heterocycles. The van der Waals surface area contributed by atoms with Gasteiger partial charge in [0.05, 0.1) is 5.25 Å². The Morgan fingerprint density at radius 3 is 2.50 bits per heavy atom. The molecule has 2 aliphatic rings. The molecule has 16 heavy (non-hydrogen) atoms. The number of sulfonamides is 1. The maximum absolute atomic E-state index is 12.0. The molecule has 0 amide bonds. The Bertz CT molecular complexity index is 337. The normalized spacial score (nSPS) is 31.2. The van der Waals surface area contributed by atoms with Crippen molar-refractivity contribution in [2.24, 2.45) is 5.41 Å². The molecule has 0 saturated carbocycles. The Morgan fingerprint density at radius 1 is 1.31 bits per heavy atom. The van der Waals surface area contributed by atoms with Crippen molar-refractivity contribution in [3.05, 3.63) is 0 Å². The number of hydrogen-bond acceptors (Lipinski definition) is 3. The lowest BCUT2D eigenvalue weighted by molar-refractivity contribution is 0.337. The summed E-state index contributed by atoms with van der Waals surface area (Å²) in [6, 6.07) is 0. The Kier molecular flexibility index (Phi) is 4.27. The van der Waals surface area contributed by atoms with Crippen molar-refractivity contribution in [1.82, 2.24) is 9.62 Å². The van der Waals surface area contributed by atoms with Crippen LogP contribution in [0.15, 0.2) is 0 Å². The zero-order valence-electron chi connectivity index (χ0n) is 9.90. The molecule has 2 heterocycles. The fourth-order valence-corrected chi connectivity index (χ4v) is 3.95. The van der Waals surface area contributed by atoms with Gasteiger partial charge in [-0.25, -0.2) is 12.7 Å². The zero-order valence-corrected chi connectivity index (χ0v) is 11.5. The smallest absolute Gasteiger partial charge is 0.216 e. The van der Waals surface area contributed by atoms with Gasteiger partial charge in [-0.2, -0.15) is 0 Å². The van der Waals surface area contributed by atoms with Crippen LogP contribution < -0.4 is 5.32 Å². The van der Waals surface area contributed by atoms with Crippen LogP contribution in [0, 0.1) is 5.41 Å². The highest BCUT2D eigenvalue weighted by atomic mass is 35.5. The second kappa shape index (κ2) is 4.80. The number of nitrogens with zero attached hydrogens (tertiary/aromatic N) is 1. The fraction of sp³-hybridized carbons (Fsp3) is 1.00. The van der Waals surface area contributed by atoms with Crippen LogP contribution in [0.1, 0.15) is 26.7 Å². The van der Waals surface area contributed by atoms with Gasteiger partial charge in [0.15, 0.2) is 0 Å². The molecular weight excluding hydrogens is 248 g/mol. The lowest BCUT2D eigenvalue weighted by Gasteiger charge is -2.23. The number of halogens is 1. The van der Waals surface area contributed by atoms with Crippen LogP contribution in [0.4, 0.5) is 0 Å². The molecule has 2 fully saturated rings. The van der Waals surface area contributed by atoms with Crippen molar-refractivity contribution in [2.45, 2.75) is 31.9 Å². The number of rotatable bonds is 2. The van der Waals surface area contributed by atoms with E-state index in [4.69, 9.17) is 0 Å². The van der Waals surface area contributed by atoms with Crippen LogP contribution in [0.5, 0.6) is 0 Å². The van der Waals surface area contributed by atoms with E-state index >= 15 is 0 Å². The zero-order chi connectivity index (χ0) is 11.1. The van der Waals surface area contributed by atoms with Gasteiger partial charge in [0.2, 0.25) is 10.0 Å². The lowest BCUT2D eigenvalue weighted by Crippen LogP contribution is -2.37. The molecule has 0 bridgehead atoms. The first-order valence-corrected chi connectivity index (χ1v) is 7.16. The minimum atomic E-state index is -3.03. The summed E-state index contributed by atoms with van der Waals surface area (Å²) in [6.07, 6.45) is 2.14. The van der Waals surface area contributed by atoms with Crippen LogP contribution in [-0.4, -0.2) is 44.2 Å². The van der Waals surface area contributed by atoms with Crippen molar-refractivity contribution in [1.29, 1.82) is 0 Å². The molecule has 0 aromatic heterocycles. The predicted molar refractivity (Wildman–Crippen MR) is 67.4 cm³/mol. The first kappa shape index (κ1) is 14.2. The molecule has 2 rings (SSSR count). The highest BCUT2D eigenvalue weighted by Gasteiger charge is 2.44. The molecule has 0 radical (unpaired) electrons. The van der Waals surface area contributed by atoms with E-state index in [0.29, 0.717) is 6.54 Å². The maximum atomic E-state index is 12.0. The Labute approximate surface area is 104 Å². The Balaban J connectivity index is 0.00000128. The predicted octanol–water partition coefficient (Wildman–Crippen LogP) is 0.832. The topological polar surface area (TPSA) is 49.4 Å². The van der Waals surface area contributed by atoms with Gasteiger partial charge in [0.1, 0.15) is 0 Å². The number of nitrogens with one attached hydrogen (secondary N) is 1. The first-order chi connectivity index (χ1) is 6.96. The fourth-order valence-electron chi connectivity index (χ4n) is 2.55. The summed E-state index contributed by atoms with van der Waals surface area (Å²) in [5.41, 5.74) is 0.238. The van der Waals surface area contributed by atoms with Crippen LogP contribution in [0.2, 0.25) is 0 Å². The lowest BCUT2D eigenvalue weighted by atomic mass is 9.87. The summed E-state index contributed by atoms with van der Waals surface area (Å²) < 4.78 is 25.6. The summed E-state index contributed by atoms with van der Waals surface area (Å²) in [6.45, 7) is 6.97. The second-order valence-electron chi connectivity index (χ2n) is 5.10. The first-order valence-electron chi connectivity index (χ1n) is 5.66. The highest BCUT2D eigenvalue weighted by Crippen LogP contribution is 2.37. The van der Waals surface area contributed by atoms with Crippen LogP contribution in [-0.2, 0) is 10.0 Å². The third-order valence-electron chi connectivity index (χ3n) is 3.69. The standard InChI is InChI=1S/C10H20N2O2S.ClH/c1-9(2)15(13,14)12-6-4-10(8-12)3-5-11-7-10;/h9,11H,3-8H2,1-2H3;1H. The van der Waals surface area contributed by atoms with Crippen molar-refractivity contribution in [3.8, 4) is 0 Å². The molecule has 0 aromatic carbocycles. The van der Waals surface area contributed by atoms with Crippen molar-refractivity contribution < 1.29 is 8.42 Å². The van der Waals surface area contributed by atoms with E-state index in [0.717, 1.165) is 32.5 Å². The quantitative estimate of drug-likeness (QED) is 0.807. The van der Waals surface area contributed by atoms with Gasteiger partial charge in [-0.1, -0.05) is 0 Å². The van der Waals surface area contributed by atoms with Gasteiger partial charge in [-0.15, -0.1) is 12.4 Å². The number of hydrogen-bond donors (Lipinski definition) is 1. The van der Waals surface area contributed by atoms with Crippen molar-refractivity contribution >= 4 is 22.4 Å². The average Bonchev–Trinajstić information content (AvgIpc) is 2.77. The maximum Gasteiger partial charge on any atom is 0.216 e. The second-order valence-corrected chi connectivity index (χ2v) is 7.59.